The molecule has 86 valence electrons. The zero-order valence-electron chi connectivity index (χ0n) is 11.4. The van der Waals surface area contributed by atoms with Gasteiger partial charge in [-0.25, -0.2) is 4.99 Å². The summed E-state index contributed by atoms with van der Waals surface area (Å²) in [6.45, 7) is 16.0. The molecule has 0 amide bonds. The van der Waals surface area contributed by atoms with Gasteiger partial charge in [0.1, 0.15) is 0 Å². The van der Waals surface area contributed by atoms with Gasteiger partial charge in [-0.3, -0.25) is 0 Å². The minimum absolute atomic E-state index is 0.248. The molecular formula is C14H26N+. The van der Waals surface area contributed by atoms with Crippen LogP contribution < -0.4 is 4.99 Å². The monoisotopic (exact) mass is 208 g/mol. The van der Waals surface area contributed by atoms with Crippen LogP contribution >= 0.6 is 0 Å². The van der Waals surface area contributed by atoms with Gasteiger partial charge in [0.05, 0.1) is 0 Å². The van der Waals surface area contributed by atoms with E-state index < -0.39 is 0 Å². The molecule has 1 heterocycles. The van der Waals surface area contributed by atoms with Crippen LogP contribution in [0.1, 0.15) is 54.9 Å². The molecule has 0 aromatic heterocycles. The molecule has 1 aliphatic rings. The van der Waals surface area contributed by atoms with Gasteiger partial charge in [0.25, 0.3) is 0 Å². The predicted octanol–water partition coefficient (Wildman–Crippen LogP) is 2.32. The SMILES string of the molecule is CC(C)=C1C(C(C)C)=[NH+]C(C)(C)CC1C. The fourth-order valence-corrected chi connectivity index (χ4v) is 2.83. The number of nitrogens with one attached hydrogen (secondary N) is 1. The lowest BCUT2D eigenvalue weighted by atomic mass is 9.77. The summed E-state index contributed by atoms with van der Waals surface area (Å²) in [5.74, 6) is 1.28. The number of hydrogen-bond acceptors (Lipinski definition) is 0. The number of hydrogen-bond donors (Lipinski definition) is 1. The second-order valence-corrected chi connectivity index (χ2v) is 6.10. The highest BCUT2D eigenvalue weighted by molar-refractivity contribution is 5.98. The molecule has 0 aromatic rings. The first kappa shape index (κ1) is 12.5. The van der Waals surface area contributed by atoms with E-state index in [-0.39, 0.29) is 5.54 Å². The van der Waals surface area contributed by atoms with Crippen molar-refractivity contribution in [2.45, 2.75) is 60.4 Å². The zero-order chi connectivity index (χ0) is 11.8. The maximum atomic E-state index is 3.71. The molecule has 0 saturated heterocycles. The van der Waals surface area contributed by atoms with Gasteiger partial charge in [-0.15, -0.1) is 0 Å². The van der Waals surface area contributed by atoms with Gasteiger partial charge in [0, 0.05) is 17.9 Å². The summed E-state index contributed by atoms with van der Waals surface area (Å²) in [6.07, 6.45) is 1.23. The molecular weight excluding hydrogens is 182 g/mol. The Bertz CT molecular complexity index is 301. The molecule has 1 N–H and O–H groups in total. The van der Waals surface area contributed by atoms with E-state index in [1.807, 2.05) is 0 Å². The largest absolute Gasteiger partial charge is 0.240 e. The van der Waals surface area contributed by atoms with Crippen molar-refractivity contribution >= 4 is 5.71 Å². The first-order valence-corrected chi connectivity index (χ1v) is 6.07. The van der Waals surface area contributed by atoms with E-state index in [1.165, 1.54) is 17.7 Å². The van der Waals surface area contributed by atoms with Crippen molar-refractivity contribution in [2.24, 2.45) is 11.8 Å². The third kappa shape index (κ3) is 2.70. The van der Waals surface area contributed by atoms with E-state index in [2.05, 4.69) is 53.5 Å². The summed E-state index contributed by atoms with van der Waals surface area (Å²) < 4.78 is 0. The van der Waals surface area contributed by atoms with E-state index in [0.29, 0.717) is 11.8 Å². The Labute approximate surface area is 94.7 Å². The zero-order valence-corrected chi connectivity index (χ0v) is 11.4. The standard InChI is InChI=1S/C14H25N/c1-9(2)12-11(5)8-14(6,7)15-13(12)10(3)4/h10-11H,8H2,1-7H3/p+1. The summed E-state index contributed by atoms with van der Waals surface area (Å²) in [6, 6.07) is 0. The first-order chi connectivity index (χ1) is 6.74. The van der Waals surface area contributed by atoms with E-state index in [1.54, 1.807) is 5.57 Å². The van der Waals surface area contributed by atoms with Crippen molar-refractivity contribution < 1.29 is 4.99 Å². The number of allylic oxidation sites excluding steroid dienone is 2. The Balaban J connectivity index is 3.25. The maximum Gasteiger partial charge on any atom is 0.180 e. The minimum Gasteiger partial charge on any atom is -0.240 e. The highest BCUT2D eigenvalue weighted by Gasteiger charge is 2.37. The van der Waals surface area contributed by atoms with E-state index in [0.717, 1.165) is 0 Å². The van der Waals surface area contributed by atoms with Crippen molar-refractivity contribution in [3.05, 3.63) is 11.1 Å². The third-order valence-electron chi connectivity index (χ3n) is 3.19. The molecule has 1 rings (SSSR count). The Kier molecular flexibility index (Phi) is 3.42. The molecule has 0 fully saturated rings. The summed E-state index contributed by atoms with van der Waals surface area (Å²) in [5, 5.41) is 0. The molecule has 0 spiro atoms. The molecule has 1 atom stereocenters. The average molecular weight is 208 g/mol. The Morgan fingerprint density at radius 1 is 1.33 bits per heavy atom. The van der Waals surface area contributed by atoms with Crippen molar-refractivity contribution in [1.29, 1.82) is 0 Å². The van der Waals surface area contributed by atoms with Crippen LogP contribution in [0.5, 0.6) is 0 Å². The molecule has 15 heavy (non-hydrogen) atoms. The summed E-state index contributed by atoms with van der Waals surface area (Å²) >= 11 is 0. The average Bonchev–Trinajstić information content (AvgIpc) is 1.99. The van der Waals surface area contributed by atoms with Crippen LogP contribution in [0.15, 0.2) is 11.1 Å². The molecule has 1 aliphatic heterocycles. The third-order valence-corrected chi connectivity index (χ3v) is 3.19. The molecule has 0 saturated carbocycles. The van der Waals surface area contributed by atoms with E-state index >= 15 is 0 Å². The Hall–Kier alpha value is -0.590. The van der Waals surface area contributed by atoms with E-state index in [4.69, 9.17) is 0 Å². The molecule has 1 heteroatoms. The lowest BCUT2D eigenvalue weighted by molar-refractivity contribution is -0.552. The van der Waals surface area contributed by atoms with Crippen LogP contribution in [-0.4, -0.2) is 11.3 Å². The molecule has 1 nitrogen and oxygen atoms in total. The maximum absolute atomic E-state index is 3.71. The quantitative estimate of drug-likeness (QED) is 0.680. The molecule has 0 radical (unpaired) electrons. The molecule has 0 aromatic carbocycles. The highest BCUT2D eigenvalue weighted by Crippen LogP contribution is 2.27. The van der Waals surface area contributed by atoms with Crippen molar-refractivity contribution in [3.63, 3.8) is 0 Å². The lowest BCUT2D eigenvalue weighted by Gasteiger charge is -2.30. The summed E-state index contributed by atoms with van der Waals surface area (Å²) in [5.41, 5.74) is 4.73. The van der Waals surface area contributed by atoms with Crippen LogP contribution in [0.25, 0.3) is 0 Å². The first-order valence-electron chi connectivity index (χ1n) is 6.07. The van der Waals surface area contributed by atoms with Crippen LogP contribution in [0.2, 0.25) is 0 Å². The van der Waals surface area contributed by atoms with Crippen molar-refractivity contribution in [3.8, 4) is 0 Å². The lowest BCUT2D eigenvalue weighted by Crippen LogP contribution is -2.88. The van der Waals surface area contributed by atoms with E-state index in [9.17, 15) is 0 Å². The van der Waals surface area contributed by atoms with Gasteiger partial charge in [-0.2, -0.15) is 0 Å². The molecule has 0 bridgehead atoms. The highest BCUT2D eigenvalue weighted by atomic mass is 14.9. The molecule has 0 aliphatic carbocycles. The van der Waals surface area contributed by atoms with Gasteiger partial charge in [0.2, 0.25) is 0 Å². The minimum atomic E-state index is 0.248. The summed E-state index contributed by atoms with van der Waals surface area (Å²) in [4.78, 5) is 3.71. The number of rotatable bonds is 1. The Morgan fingerprint density at radius 3 is 2.27 bits per heavy atom. The van der Waals surface area contributed by atoms with Crippen LogP contribution in [0.4, 0.5) is 0 Å². The van der Waals surface area contributed by atoms with Crippen molar-refractivity contribution in [2.75, 3.05) is 0 Å². The summed E-state index contributed by atoms with van der Waals surface area (Å²) in [7, 11) is 0. The van der Waals surface area contributed by atoms with Gasteiger partial charge < -0.3 is 0 Å². The van der Waals surface area contributed by atoms with Gasteiger partial charge in [-0.1, -0.05) is 26.3 Å². The van der Waals surface area contributed by atoms with Crippen LogP contribution in [-0.2, 0) is 0 Å². The second kappa shape index (κ2) is 4.11. The normalized spacial score (nSPS) is 25.5. The second-order valence-electron chi connectivity index (χ2n) is 6.10. The Morgan fingerprint density at radius 2 is 1.87 bits per heavy atom. The van der Waals surface area contributed by atoms with Gasteiger partial charge >= 0.3 is 0 Å². The van der Waals surface area contributed by atoms with Crippen LogP contribution in [0, 0.1) is 11.8 Å². The van der Waals surface area contributed by atoms with Crippen molar-refractivity contribution in [1.82, 2.24) is 0 Å². The van der Waals surface area contributed by atoms with Gasteiger partial charge in [-0.05, 0) is 33.6 Å². The van der Waals surface area contributed by atoms with Crippen LogP contribution in [0.3, 0.4) is 0 Å². The predicted molar refractivity (Wildman–Crippen MR) is 67.0 cm³/mol. The van der Waals surface area contributed by atoms with Gasteiger partial charge in [0.15, 0.2) is 11.3 Å². The smallest absolute Gasteiger partial charge is 0.180 e. The fourth-order valence-electron chi connectivity index (χ4n) is 2.83. The molecule has 1 unspecified atom stereocenters. The topological polar surface area (TPSA) is 14.0 Å². The fraction of sp³-hybridized carbons (Fsp3) is 0.786.